The van der Waals surface area contributed by atoms with Gasteiger partial charge in [0.25, 0.3) is 0 Å². The summed E-state index contributed by atoms with van der Waals surface area (Å²) in [4.78, 5) is 0. The average molecular weight is 433 g/mol. The first-order valence-corrected chi connectivity index (χ1v) is 12.5. The first-order chi connectivity index (χ1) is 8.18. The zero-order valence-electron chi connectivity index (χ0n) is 10.2. The SMILES string of the molecule is CC[O][Ti]([Cl])([Cl])[O]CC.ClC(Cl)(Cl)CCC[O][Ti]. The molecule has 0 radical (unpaired) electrons. The molecule has 0 fully saturated rings. The molecule has 0 unspecified atom stereocenters. The molecule has 0 atom stereocenters. The third-order valence-corrected chi connectivity index (χ3v) is 5.97. The molecule has 0 saturated heterocycles. The van der Waals surface area contributed by atoms with E-state index in [4.69, 9.17) is 63.4 Å². The third-order valence-electron chi connectivity index (χ3n) is 1.33. The second-order valence-corrected chi connectivity index (χ2v) is 13.1. The van der Waals surface area contributed by atoms with Crippen LogP contribution in [-0.4, -0.2) is 23.6 Å². The van der Waals surface area contributed by atoms with Crippen molar-refractivity contribution in [3.63, 3.8) is 0 Å². The zero-order valence-corrected chi connectivity index (χ0v) is 17.1. The van der Waals surface area contributed by atoms with Crippen LogP contribution in [0.3, 0.4) is 0 Å². The van der Waals surface area contributed by atoms with Crippen LogP contribution in [0.4, 0.5) is 0 Å². The molecule has 0 heterocycles. The first kappa shape index (κ1) is 23.0. The van der Waals surface area contributed by atoms with Gasteiger partial charge in [0.05, 0.1) is 0 Å². The Kier molecular flexibility index (Phi) is 17.2. The van der Waals surface area contributed by atoms with Gasteiger partial charge in [0.15, 0.2) is 0 Å². The molecule has 0 amide bonds. The van der Waals surface area contributed by atoms with Gasteiger partial charge in [-0.15, -0.1) is 0 Å². The van der Waals surface area contributed by atoms with Gasteiger partial charge in [0.1, 0.15) is 0 Å². The van der Waals surface area contributed by atoms with Crippen molar-refractivity contribution in [1.82, 2.24) is 0 Å². The second kappa shape index (κ2) is 13.4. The van der Waals surface area contributed by atoms with Crippen molar-refractivity contribution in [2.75, 3.05) is 19.8 Å². The van der Waals surface area contributed by atoms with Crippen molar-refractivity contribution < 1.29 is 46.0 Å². The molecule has 0 N–H and O–H groups in total. The summed E-state index contributed by atoms with van der Waals surface area (Å²) in [5, 5.41) is 0. The summed E-state index contributed by atoms with van der Waals surface area (Å²) < 4.78 is 13.6. The van der Waals surface area contributed by atoms with E-state index in [1.54, 1.807) is 20.8 Å². The molecule has 3 nitrogen and oxygen atoms in total. The molecule has 0 bridgehead atoms. The van der Waals surface area contributed by atoms with Crippen molar-refractivity contribution in [2.45, 2.75) is 30.5 Å². The van der Waals surface area contributed by atoms with E-state index in [9.17, 15) is 0 Å². The van der Waals surface area contributed by atoms with E-state index in [1.807, 2.05) is 13.8 Å². The summed E-state index contributed by atoms with van der Waals surface area (Å²) in [6, 6.07) is 0. The molecule has 0 rings (SSSR count). The van der Waals surface area contributed by atoms with Crippen molar-refractivity contribution in [2.24, 2.45) is 0 Å². The van der Waals surface area contributed by atoms with Crippen LogP contribution in [0, 0.1) is 0 Å². The Bertz CT molecular complexity index is 184. The summed E-state index contributed by atoms with van der Waals surface area (Å²) in [5.74, 6) is 0. The van der Waals surface area contributed by atoms with Crippen LogP contribution >= 0.6 is 53.4 Å². The Morgan fingerprint density at radius 3 is 1.78 bits per heavy atom. The van der Waals surface area contributed by atoms with Crippen LogP contribution < -0.4 is 0 Å². The van der Waals surface area contributed by atoms with E-state index in [0.717, 1.165) is 6.42 Å². The van der Waals surface area contributed by atoms with Crippen LogP contribution in [-0.2, 0) is 46.0 Å². The topological polar surface area (TPSA) is 27.7 Å². The van der Waals surface area contributed by atoms with Gasteiger partial charge >= 0.3 is 150 Å². The molecule has 0 aromatic carbocycles. The van der Waals surface area contributed by atoms with E-state index in [-0.39, 0.29) is 0 Å². The predicted molar refractivity (Wildman–Crippen MR) is 70.4 cm³/mol. The Labute approximate surface area is 148 Å². The Morgan fingerprint density at radius 2 is 1.50 bits per heavy atom. The maximum atomic E-state index is 5.64. The summed E-state index contributed by atoms with van der Waals surface area (Å²) in [6.07, 6.45) is 1.33. The Hall–Kier alpha value is 2.76. The van der Waals surface area contributed by atoms with Gasteiger partial charge in [-0.2, -0.15) is 0 Å². The number of hydrogen-bond acceptors (Lipinski definition) is 3. The second-order valence-electron chi connectivity index (χ2n) is 2.90. The van der Waals surface area contributed by atoms with Crippen LogP contribution in [0.1, 0.15) is 26.7 Å². The third kappa shape index (κ3) is 21.1. The van der Waals surface area contributed by atoms with Gasteiger partial charge in [-0.1, -0.05) is 0 Å². The van der Waals surface area contributed by atoms with Crippen molar-refractivity contribution in [3.05, 3.63) is 0 Å². The molecular formula is C8H16Cl5O3Ti2. The molecule has 109 valence electrons. The molecule has 10 heteroatoms. The fourth-order valence-electron chi connectivity index (χ4n) is 0.723. The van der Waals surface area contributed by atoms with Crippen LogP contribution in [0.25, 0.3) is 0 Å². The van der Waals surface area contributed by atoms with Crippen LogP contribution in [0.5, 0.6) is 0 Å². The van der Waals surface area contributed by atoms with Crippen LogP contribution in [0.15, 0.2) is 0 Å². The maximum absolute atomic E-state index is 5.64. The van der Waals surface area contributed by atoms with E-state index in [1.165, 1.54) is 0 Å². The van der Waals surface area contributed by atoms with E-state index >= 15 is 0 Å². The molecule has 18 heavy (non-hydrogen) atoms. The molecule has 0 spiro atoms. The normalized spacial score (nSPS) is 11.9. The number of halogens is 5. The molecule has 0 aromatic heterocycles. The van der Waals surface area contributed by atoms with Gasteiger partial charge in [-0.3, -0.25) is 0 Å². The van der Waals surface area contributed by atoms with E-state index < -0.39 is 19.0 Å². The van der Waals surface area contributed by atoms with Crippen molar-refractivity contribution in [3.8, 4) is 0 Å². The van der Waals surface area contributed by atoms with E-state index in [2.05, 4.69) is 0 Å². The molecule has 0 saturated carbocycles. The molecular weight excluding hydrogens is 417 g/mol. The van der Waals surface area contributed by atoms with E-state index in [0.29, 0.717) is 26.2 Å². The van der Waals surface area contributed by atoms with Gasteiger partial charge in [0, 0.05) is 0 Å². The standard InChI is InChI=1S/C4H6Cl3O.2C2H5O.2ClH.2Ti/c5-4(6,7)2-1-3-8;2*1-2-3;;;;/h1-3H2;2*2H2,1H3;2*1H;;/q3*-1;;;+1;+4/p-2. The molecule has 0 aromatic rings. The Balaban J connectivity index is 0. The minimum absolute atomic E-state index is 0.521. The fourth-order valence-corrected chi connectivity index (χ4v) is 4.33. The predicted octanol–water partition coefficient (Wildman–Crippen LogP) is 4.97. The quantitative estimate of drug-likeness (QED) is 0.323. The van der Waals surface area contributed by atoms with Gasteiger partial charge in [-0.05, 0) is 0 Å². The number of rotatable bonds is 7. The van der Waals surface area contributed by atoms with Crippen molar-refractivity contribution in [1.29, 1.82) is 0 Å². The summed E-state index contributed by atoms with van der Waals surface area (Å²) in [6.45, 7) is 5.36. The number of alkyl halides is 3. The molecule has 0 aliphatic carbocycles. The monoisotopic (exact) mass is 431 g/mol. The zero-order chi connectivity index (χ0) is 14.7. The van der Waals surface area contributed by atoms with Gasteiger partial charge in [-0.25, -0.2) is 0 Å². The van der Waals surface area contributed by atoms with Crippen LogP contribution in [0.2, 0.25) is 0 Å². The van der Waals surface area contributed by atoms with Crippen molar-refractivity contribution >= 4 is 53.4 Å². The number of hydrogen-bond donors (Lipinski definition) is 0. The molecule has 0 aliphatic heterocycles. The average Bonchev–Trinajstić information content (AvgIpc) is 2.16. The van der Waals surface area contributed by atoms with Gasteiger partial charge < -0.3 is 0 Å². The molecule has 0 aliphatic rings. The Morgan fingerprint density at radius 1 is 1.06 bits per heavy atom. The fraction of sp³-hybridized carbons (Fsp3) is 1.00. The van der Waals surface area contributed by atoms with Gasteiger partial charge in [0.2, 0.25) is 0 Å². The first-order valence-electron chi connectivity index (χ1n) is 5.19. The summed E-state index contributed by atoms with van der Waals surface area (Å²) in [7, 11) is 11.3. The minimum atomic E-state index is -3.22. The summed E-state index contributed by atoms with van der Waals surface area (Å²) >= 11 is 14.7. The summed E-state index contributed by atoms with van der Waals surface area (Å²) in [5.41, 5.74) is 0.